The third-order valence-corrected chi connectivity index (χ3v) is 6.37. The molecule has 1 aromatic heterocycles. The average molecular weight is 450 g/mol. The molecule has 0 amide bonds. The highest BCUT2D eigenvalue weighted by molar-refractivity contribution is 5.76. The van der Waals surface area contributed by atoms with Crippen LogP contribution in [0.4, 0.5) is 0 Å². The van der Waals surface area contributed by atoms with Crippen molar-refractivity contribution in [3.8, 4) is 0 Å². The van der Waals surface area contributed by atoms with Crippen LogP contribution in [0.5, 0.6) is 0 Å². The first-order valence-electron chi connectivity index (χ1n) is 11.0. The van der Waals surface area contributed by atoms with Crippen LogP contribution in [0.15, 0.2) is 15.8 Å². The first-order valence-corrected chi connectivity index (χ1v) is 11.0. The third-order valence-electron chi connectivity index (χ3n) is 6.37. The summed E-state index contributed by atoms with van der Waals surface area (Å²) in [7, 11) is 0. The molecule has 1 N–H and O–H groups in total. The number of aryl methyl sites for hydroxylation is 1. The van der Waals surface area contributed by atoms with E-state index in [9.17, 15) is 19.2 Å². The first kappa shape index (κ1) is 22.9. The Morgan fingerprint density at radius 2 is 1.91 bits per heavy atom. The van der Waals surface area contributed by atoms with Crippen molar-refractivity contribution in [3.05, 3.63) is 32.6 Å². The summed E-state index contributed by atoms with van der Waals surface area (Å²) >= 11 is 0. The van der Waals surface area contributed by atoms with Gasteiger partial charge >= 0.3 is 11.7 Å². The molecule has 2 aliphatic heterocycles. The van der Waals surface area contributed by atoms with Crippen molar-refractivity contribution in [2.45, 2.75) is 89.6 Å². The number of fused-ring (bicyclic) bond motifs is 1. The number of aromatic amines is 1. The number of ether oxygens (including phenoxy) is 4. The smallest absolute Gasteiger partial charge is 0.330 e. The maximum Gasteiger partial charge on any atom is 0.330 e. The van der Waals surface area contributed by atoms with Gasteiger partial charge in [-0.1, -0.05) is 6.42 Å². The molecule has 3 heterocycles. The van der Waals surface area contributed by atoms with Gasteiger partial charge < -0.3 is 18.9 Å². The van der Waals surface area contributed by atoms with Gasteiger partial charge in [-0.15, -0.1) is 0 Å². The van der Waals surface area contributed by atoms with Crippen molar-refractivity contribution in [1.29, 1.82) is 0 Å². The minimum atomic E-state index is -1.65. The van der Waals surface area contributed by atoms with Crippen LogP contribution in [-0.2, 0) is 28.5 Å². The Hall–Kier alpha value is -2.30. The standard InChI is InChI=1S/C22H30N2O8/c1-13-10-24(19(28)23-16(13)26)17-14-15(31-22(30-14)8-6-5-7-9-22)21(11-25,32-17)12-29-18(27)20(2,3)4/h10-11,14-15,17H,5-9,12H2,1-4H3,(H,23,26,28)/t14-,15?,17+,21-/m0/s1. The zero-order valence-corrected chi connectivity index (χ0v) is 18.8. The SMILES string of the molecule is Cc1cn([C@@H]2O[C@@](C=O)(COC(=O)C(C)(C)C)C3OC4(CCCCC4)O[C@@H]32)c(=O)[nH]c1=O. The van der Waals surface area contributed by atoms with E-state index < -0.39 is 52.5 Å². The molecule has 0 aromatic carbocycles. The zero-order chi connectivity index (χ0) is 23.3. The number of nitrogens with one attached hydrogen (secondary N) is 1. The Kier molecular flexibility index (Phi) is 5.67. The molecule has 4 atom stereocenters. The molecule has 10 nitrogen and oxygen atoms in total. The van der Waals surface area contributed by atoms with Crippen LogP contribution in [0.25, 0.3) is 0 Å². The van der Waals surface area contributed by atoms with Crippen LogP contribution in [0.2, 0.25) is 0 Å². The second-order valence-corrected chi connectivity index (χ2v) is 9.98. The molecular formula is C22H30N2O8. The largest absolute Gasteiger partial charge is 0.462 e. The molecule has 3 aliphatic rings. The lowest BCUT2D eigenvalue weighted by atomic mass is 9.94. The topological polar surface area (TPSA) is 126 Å². The third kappa shape index (κ3) is 3.84. The van der Waals surface area contributed by atoms with Gasteiger partial charge in [0.25, 0.3) is 5.56 Å². The molecule has 1 aromatic rings. The summed E-state index contributed by atoms with van der Waals surface area (Å²) in [6.45, 7) is 6.31. The second-order valence-electron chi connectivity index (χ2n) is 9.98. The lowest BCUT2D eigenvalue weighted by Gasteiger charge is -2.36. The number of aldehydes is 1. The first-order chi connectivity index (χ1) is 15.0. The van der Waals surface area contributed by atoms with E-state index in [-0.39, 0.29) is 6.61 Å². The van der Waals surface area contributed by atoms with Crippen molar-refractivity contribution in [1.82, 2.24) is 9.55 Å². The average Bonchev–Trinajstić information content (AvgIpc) is 3.23. The highest BCUT2D eigenvalue weighted by Crippen LogP contribution is 2.51. The number of aromatic nitrogens is 2. The van der Waals surface area contributed by atoms with Gasteiger partial charge in [-0.25, -0.2) is 4.79 Å². The van der Waals surface area contributed by atoms with E-state index in [1.807, 2.05) is 0 Å². The molecule has 1 saturated carbocycles. The van der Waals surface area contributed by atoms with E-state index in [0.717, 1.165) is 19.3 Å². The van der Waals surface area contributed by atoms with Crippen LogP contribution in [-0.4, -0.2) is 52.0 Å². The molecule has 32 heavy (non-hydrogen) atoms. The molecule has 3 fully saturated rings. The van der Waals surface area contributed by atoms with E-state index in [4.69, 9.17) is 18.9 Å². The van der Waals surface area contributed by atoms with Crippen molar-refractivity contribution in [2.24, 2.45) is 5.41 Å². The highest BCUT2D eigenvalue weighted by Gasteiger charge is 2.66. The summed E-state index contributed by atoms with van der Waals surface area (Å²) in [5.74, 6) is -1.37. The van der Waals surface area contributed by atoms with Gasteiger partial charge in [-0.2, -0.15) is 0 Å². The van der Waals surface area contributed by atoms with E-state index in [1.54, 1.807) is 27.7 Å². The van der Waals surface area contributed by atoms with Gasteiger partial charge in [0.1, 0.15) is 18.8 Å². The Morgan fingerprint density at radius 3 is 2.53 bits per heavy atom. The van der Waals surface area contributed by atoms with Crippen molar-refractivity contribution >= 4 is 12.3 Å². The maximum absolute atomic E-state index is 12.6. The molecule has 2 saturated heterocycles. The fourth-order valence-electron chi connectivity index (χ4n) is 4.54. The summed E-state index contributed by atoms with van der Waals surface area (Å²) < 4.78 is 25.4. The van der Waals surface area contributed by atoms with Gasteiger partial charge in [0, 0.05) is 24.6 Å². The Bertz CT molecular complexity index is 1020. The molecule has 1 unspecified atom stereocenters. The molecule has 0 bridgehead atoms. The molecular weight excluding hydrogens is 420 g/mol. The number of hydrogen-bond acceptors (Lipinski definition) is 8. The number of rotatable bonds is 4. The molecule has 10 heteroatoms. The van der Waals surface area contributed by atoms with Crippen molar-refractivity contribution < 1.29 is 28.5 Å². The zero-order valence-electron chi connectivity index (χ0n) is 18.8. The predicted molar refractivity (Wildman–Crippen MR) is 111 cm³/mol. The predicted octanol–water partition coefficient (Wildman–Crippen LogP) is 1.35. The molecule has 176 valence electrons. The Labute approximate surface area is 185 Å². The van der Waals surface area contributed by atoms with Gasteiger partial charge in [0.05, 0.1) is 5.41 Å². The highest BCUT2D eigenvalue weighted by atomic mass is 16.8. The number of carbonyl (C=O) groups is 2. The summed E-state index contributed by atoms with van der Waals surface area (Å²) in [5, 5.41) is 0. The molecule has 1 spiro atoms. The molecule has 1 aliphatic carbocycles. The van der Waals surface area contributed by atoms with E-state index in [1.165, 1.54) is 10.8 Å². The Balaban J connectivity index is 1.72. The summed E-state index contributed by atoms with van der Waals surface area (Å²) in [6.07, 6.45) is 3.42. The second kappa shape index (κ2) is 7.93. The van der Waals surface area contributed by atoms with Crippen LogP contribution in [0.1, 0.15) is 64.7 Å². The van der Waals surface area contributed by atoms with Crippen LogP contribution in [0.3, 0.4) is 0 Å². The number of nitrogens with zero attached hydrogens (tertiary/aromatic N) is 1. The number of H-pyrrole nitrogens is 1. The maximum atomic E-state index is 12.6. The minimum absolute atomic E-state index is 0.304. The van der Waals surface area contributed by atoms with Gasteiger partial charge in [0.2, 0.25) is 0 Å². The van der Waals surface area contributed by atoms with Crippen LogP contribution < -0.4 is 11.2 Å². The van der Waals surface area contributed by atoms with E-state index >= 15 is 0 Å². The number of esters is 1. The van der Waals surface area contributed by atoms with Gasteiger partial charge in [-0.3, -0.25) is 23.9 Å². The minimum Gasteiger partial charge on any atom is -0.462 e. The summed E-state index contributed by atoms with van der Waals surface area (Å²) in [6, 6.07) is 0. The molecule has 0 radical (unpaired) electrons. The summed E-state index contributed by atoms with van der Waals surface area (Å²) in [4.78, 5) is 51.5. The number of carbonyl (C=O) groups excluding carboxylic acids is 2. The van der Waals surface area contributed by atoms with Crippen molar-refractivity contribution in [2.75, 3.05) is 6.61 Å². The van der Waals surface area contributed by atoms with Crippen LogP contribution in [0, 0.1) is 12.3 Å². The lowest BCUT2D eigenvalue weighted by molar-refractivity contribution is -0.248. The fourth-order valence-corrected chi connectivity index (χ4v) is 4.54. The number of hydrogen-bond donors (Lipinski definition) is 1. The monoisotopic (exact) mass is 450 g/mol. The van der Waals surface area contributed by atoms with Gasteiger partial charge in [0.15, 0.2) is 23.9 Å². The fraction of sp³-hybridized carbons (Fsp3) is 0.727. The Morgan fingerprint density at radius 1 is 1.22 bits per heavy atom. The molecule has 4 rings (SSSR count). The van der Waals surface area contributed by atoms with E-state index in [2.05, 4.69) is 4.98 Å². The van der Waals surface area contributed by atoms with Gasteiger partial charge in [-0.05, 0) is 40.5 Å². The quantitative estimate of drug-likeness (QED) is 0.538. The summed E-state index contributed by atoms with van der Waals surface area (Å²) in [5.41, 5.74) is -3.31. The van der Waals surface area contributed by atoms with E-state index in [0.29, 0.717) is 24.7 Å². The normalized spacial score (nSPS) is 31.4. The van der Waals surface area contributed by atoms with Crippen LogP contribution >= 0.6 is 0 Å². The lowest BCUT2D eigenvalue weighted by Crippen LogP contribution is -2.50. The van der Waals surface area contributed by atoms with Crippen molar-refractivity contribution in [3.63, 3.8) is 0 Å².